The van der Waals surface area contributed by atoms with Crippen LogP contribution in [0.1, 0.15) is 10.4 Å². The summed E-state index contributed by atoms with van der Waals surface area (Å²) in [4.78, 5) is 21.3. The highest BCUT2D eigenvalue weighted by atomic mass is 32.1. The summed E-state index contributed by atoms with van der Waals surface area (Å²) in [5, 5.41) is 10.0. The van der Waals surface area contributed by atoms with Gasteiger partial charge in [-0.1, -0.05) is 0 Å². The van der Waals surface area contributed by atoms with Gasteiger partial charge < -0.3 is 19.0 Å². The highest BCUT2D eigenvalue weighted by Gasteiger charge is 2.16. The molecule has 1 N–H and O–H groups in total. The maximum Gasteiger partial charge on any atom is 0.337 e. The molecule has 0 spiro atoms. The van der Waals surface area contributed by atoms with Gasteiger partial charge in [0.2, 0.25) is 0 Å². The number of rotatable bonds is 4. The van der Waals surface area contributed by atoms with Gasteiger partial charge in [-0.05, 0) is 18.2 Å². The monoisotopic (exact) mass is 404 g/mol. The van der Waals surface area contributed by atoms with E-state index in [1.807, 2.05) is 43.1 Å². The van der Waals surface area contributed by atoms with Gasteiger partial charge in [-0.2, -0.15) is 0 Å². The summed E-state index contributed by atoms with van der Waals surface area (Å²) in [6.07, 6.45) is 7.01. The number of carboxylic acid groups (broad SMARTS) is 1. The van der Waals surface area contributed by atoms with Crippen LogP contribution in [-0.4, -0.2) is 30.2 Å². The van der Waals surface area contributed by atoms with Crippen LogP contribution in [-0.2, 0) is 14.1 Å². The molecule has 0 atom stereocenters. The molecule has 0 aliphatic heterocycles. The van der Waals surface area contributed by atoms with Crippen LogP contribution < -0.4 is 4.74 Å². The Kier molecular flexibility index (Phi) is 3.88. The number of aromatic nitrogens is 4. The number of hydrogen-bond donors (Lipinski definition) is 1. The predicted octanol–water partition coefficient (Wildman–Crippen LogP) is 4.68. The number of aryl methyl sites for hydroxylation is 2. The first-order chi connectivity index (χ1) is 14.0. The molecular weight excluding hydrogens is 388 g/mol. The van der Waals surface area contributed by atoms with E-state index in [-0.39, 0.29) is 5.56 Å². The Balaban J connectivity index is 1.56. The lowest BCUT2D eigenvalue weighted by Crippen LogP contribution is -1.93. The summed E-state index contributed by atoms with van der Waals surface area (Å²) in [5.41, 5.74) is 1.92. The third-order valence-corrected chi connectivity index (χ3v) is 5.97. The van der Waals surface area contributed by atoms with Crippen molar-refractivity contribution in [3.05, 3.63) is 60.7 Å². The molecule has 5 rings (SSSR count). The second-order valence-electron chi connectivity index (χ2n) is 6.74. The van der Waals surface area contributed by atoms with Gasteiger partial charge in [0.15, 0.2) is 0 Å². The van der Waals surface area contributed by atoms with E-state index in [2.05, 4.69) is 9.97 Å². The molecule has 0 bridgehead atoms. The van der Waals surface area contributed by atoms with Crippen molar-refractivity contribution >= 4 is 38.4 Å². The molecule has 4 heterocycles. The zero-order valence-corrected chi connectivity index (χ0v) is 16.5. The van der Waals surface area contributed by atoms with Crippen LogP contribution >= 0.6 is 11.3 Å². The first-order valence-corrected chi connectivity index (χ1v) is 9.69. The Morgan fingerprint density at radius 2 is 1.97 bits per heavy atom. The lowest BCUT2D eigenvalue weighted by atomic mass is 10.2. The molecule has 4 aromatic heterocycles. The lowest BCUT2D eigenvalue weighted by Gasteiger charge is -2.07. The van der Waals surface area contributed by atoms with Crippen molar-refractivity contribution < 1.29 is 14.6 Å². The average Bonchev–Trinajstić information content (AvgIpc) is 3.39. The summed E-state index contributed by atoms with van der Waals surface area (Å²) in [6, 6.07) is 9.25. The molecule has 0 fully saturated rings. The Morgan fingerprint density at radius 1 is 1.10 bits per heavy atom. The van der Waals surface area contributed by atoms with Crippen molar-refractivity contribution in [2.75, 3.05) is 0 Å². The smallest absolute Gasteiger partial charge is 0.337 e. The van der Waals surface area contributed by atoms with Crippen LogP contribution in [0.25, 0.3) is 31.8 Å². The van der Waals surface area contributed by atoms with E-state index < -0.39 is 5.97 Å². The number of thiophene rings is 1. The molecule has 5 aromatic rings. The number of imidazole rings is 1. The van der Waals surface area contributed by atoms with E-state index in [1.165, 1.54) is 0 Å². The molecular formula is C21H16N4O3S. The van der Waals surface area contributed by atoms with Gasteiger partial charge in [0.05, 0.1) is 26.2 Å². The highest BCUT2D eigenvalue weighted by molar-refractivity contribution is 7.22. The highest BCUT2D eigenvalue weighted by Crippen LogP contribution is 2.39. The number of fused-ring (bicyclic) bond motifs is 2. The van der Waals surface area contributed by atoms with Crippen molar-refractivity contribution in [3.63, 3.8) is 0 Å². The standard InChI is InChI=1S/C21H16N4O3S/c1-24-8-7-23-20(24)18-10-15-19(29-18)17(5-6-22-15)28-12-3-4-13-14(21(26)27)11-25(2)16(13)9-12/h3-11H,1-2H3,(H,26,27). The van der Waals surface area contributed by atoms with Gasteiger partial charge in [0.25, 0.3) is 0 Å². The summed E-state index contributed by atoms with van der Waals surface area (Å²) in [7, 11) is 3.78. The third-order valence-electron chi connectivity index (χ3n) is 4.84. The first-order valence-electron chi connectivity index (χ1n) is 8.88. The SMILES string of the molecule is Cn1ccnc1-c1cc2nccc(Oc3ccc4c(C(=O)O)cn(C)c4c3)c2s1. The van der Waals surface area contributed by atoms with Gasteiger partial charge in [-0.25, -0.2) is 9.78 Å². The fourth-order valence-electron chi connectivity index (χ4n) is 3.43. The molecule has 1 aromatic carbocycles. The second kappa shape index (κ2) is 6.46. The summed E-state index contributed by atoms with van der Waals surface area (Å²) < 4.78 is 10.9. The average molecular weight is 404 g/mol. The number of hydrogen-bond acceptors (Lipinski definition) is 5. The Labute approximate surface area is 169 Å². The van der Waals surface area contributed by atoms with Crippen molar-refractivity contribution in [3.8, 4) is 22.2 Å². The maximum atomic E-state index is 11.4. The number of aromatic carboxylic acids is 1. The number of nitrogens with zero attached hydrogens (tertiary/aromatic N) is 4. The molecule has 0 unspecified atom stereocenters. The fourth-order valence-corrected chi connectivity index (χ4v) is 4.54. The zero-order chi connectivity index (χ0) is 20.1. The number of benzene rings is 1. The van der Waals surface area contributed by atoms with Crippen molar-refractivity contribution in [1.29, 1.82) is 0 Å². The van der Waals surface area contributed by atoms with Gasteiger partial charge in [-0.15, -0.1) is 11.3 Å². The van der Waals surface area contributed by atoms with E-state index in [4.69, 9.17) is 4.74 Å². The molecule has 29 heavy (non-hydrogen) atoms. The molecule has 0 aliphatic carbocycles. The first kappa shape index (κ1) is 17.4. The fraction of sp³-hybridized carbons (Fsp3) is 0.0952. The largest absolute Gasteiger partial charge is 0.478 e. The van der Waals surface area contributed by atoms with Crippen LogP contribution in [0.5, 0.6) is 11.5 Å². The van der Waals surface area contributed by atoms with Crippen LogP contribution in [0.2, 0.25) is 0 Å². The van der Waals surface area contributed by atoms with Gasteiger partial charge in [-0.3, -0.25) is 4.98 Å². The maximum absolute atomic E-state index is 11.4. The number of carbonyl (C=O) groups is 1. The molecule has 0 radical (unpaired) electrons. The zero-order valence-electron chi connectivity index (χ0n) is 15.7. The predicted molar refractivity (Wildman–Crippen MR) is 112 cm³/mol. The van der Waals surface area contributed by atoms with Gasteiger partial charge in [0.1, 0.15) is 17.3 Å². The summed E-state index contributed by atoms with van der Waals surface area (Å²) in [6.45, 7) is 0. The Morgan fingerprint density at radius 3 is 2.72 bits per heavy atom. The molecule has 0 amide bonds. The second-order valence-corrected chi connectivity index (χ2v) is 7.79. The van der Waals surface area contributed by atoms with E-state index >= 15 is 0 Å². The number of pyridine rings is 1. The topological polar surface area (TPSA) is 82.2 Å². The van der Waals surface area contributed by atoms with Crippen LogP contribution in [0.3, 0.4) is 0 Å². The Hall–Kier alpha value is -3.65. The molecule has 7 nitrogen and oxygen atoms in total. The summed E-state index contributed by atoms with van der Waals surface area (Å²) in [5.74, 6) is 1.27. The molecule has 144 valence electrons. The Bertz CT molecular complexity index is 1400. The molecule has 0 saturated heterocycles. The van der Waals surface area contributed by atoms with E-state index in [0.717, 1.165) is 26.4 Å². The number of ether oxygens (including phenoxy) is 1. The van der Waals surface area contributed by atoms with E-state index in [9.17, 15) is 9.90 Å². The van der Waals surface area contributed by atoms with Gasteiger partial charge >= 0.3 is 5.97 Å². The third kappa shape index (κ3) is 2.85. The van der Waals surface area contributed by atoms with E-state index in [1.54, 1.807) is 46.6 Å². The van der Waals surface area contributed by atoms with Gasteiger partial charge in [0, 0.05) is 56.4 Å². The van der Waals surface area contributed by atoms with Crippen LogP contribution in [0.4, 0.5) is 0 Å². The van der Waals surface area contributed by atoms with Crippen molar-refractivity contribution in [2.45, 2.75) is 0 Å². The lowest BCUT2D eigenvalue weighted by molar-refractivity contribution is 0.0699. The number of carboxylic acids is 1. The molecule has 0 aliphatic rings. The van der Waals surface area contributed by atoms with Crippen LogP contribution in [0.15, 0.2) is 55.1 Å². The quantitative estimate of drug-likeness (QED) is 0.470. The van der Waals surface area contributed by atoms with Crippen LogP contribution in [0, 0.1) is 0 Å². The molecule has 8 heteroatoms. The van der Waals surface area contributed by atoms with Crippen molar-refractivity contribution in [1.82, 2.24) is 19.1 Å². The normalized spacial score (nSPS) is 11.4. The minimum atomic E-state index is -0.944. The minimum absolute atomic E-state index is 0.276. The van der Waals surface area contributed by atoms with E-state index in [0.29, 0.717) is 16.9 Å². The van der Waals surface area contributed by atoms with Crippen molar-refractivity contribution in [2.24, 2.45) is 14.1 Å². The minimum Gasteiger partial charge on any atom is -0.478 e. The summed E-state index contributed by atoms with van der Waals surface area (Å²) >= 11 is 1.58. The molecule has 0 saturated carbocycles.